The fraction of sp³-hybridized carbons (Fsp3) is 0.381. The summed E-state index contributed by atoms with van der Waals surface area (Å²) in [5.74, 6) is -0.211. The Balaban J connectivity index is 1.77. The average molecular weight is 421 g/mol. The summed E-state index contributed by atoms with van der Waals surface area (Å²) in [5.41, 5.74) is 0.764. The molecule has 1 aliphatic rings. The summed E-state index contributed by atoms with van der Waals surface area (Å²) >= 11 is 6.33. The third-order valence-corrected chi connectivity index (χ3v) is 7.27. The zero-order valence-corrected chi connectivity index (χ0v) is 17.5. The normalized spacial score (nSPS) is 15.6. The molecule has 5 nitrogen and oxygen atoms in total. The maximum absolute atomic E-state index is 12.8. The van der Waals surface area contributed by atoms with Crippen LogP contribution in [0.1, 0.15) is 48.9 Å². The van der Waals surface area contributed by atoms with E-state index in [9.17, 15) is 13.2 Å². The highest BCUT2D eigenvalue weighted by Crippen LogP contribution is 2.27. The average Bonchev–Trinajstić information content (AvgIpc) is 2.96. The van der Waals surface area contributed by atoms with Gasteiger partial charge in [0, 0.05) is 13.1 Å². The Bertz CT molecular complexity index is 924. The highest BCUT2D eigenvalue weighted by atomic mass is 35.5. The molecule has 7 heteroatoms. The Kier molecular flexibility index (Phi) is 6.62. The van der Waals surface area contributed by atoms with Gasteiger partial charge in [-0.1, -0.05) is 55.5 Å². The zero-order valence-electron chi connectivity index (χ0n) is 15.9. The number of hydrogen-bond acceptors (Lipinski definition) is 3. The van der Waals surface area contributed by atoms with Gasteiger partial charge in [-0.3, -0.25) is 9.10 Å². The Morgan fingerprint density at radius 1 is 1.04 bits per heavy atom. The summed E-state index contributed by atoms with van der Waals surface area (Å²) < 4.78 is 26.7. The number of carbonyl (C=O) groups is 1. The van der Waals surface area contributed by atoms with E-state index in [0.29, 0.717) is 11.3 Å². The number of nitrogens with zero attached hydrogens (tertiary/aromatic N) is 1. The van der Waals surface area contributed by atoms with Crippen molar-refractivity contribution in [1.29, 1.82) is 0 Å². The van der Waals surface area contributed by atoms with Crippen molar-refractivity contribution >= 4 is 33.2 Å². The molecule has 0 spiro atoms. The smallest absolute Gasteiger partial charge is 0.264 e. The molecule has 1 aliphatic carbocycles. The van der Waals surface area contributed by atoms with Crippen molar-refractivity contribution in [2.24, 2.45) is 0 Å². The number of halogens is 1. The molecule has 2 aromatic carbocycles. The summed E-state index contributed by atoms with van der Waals surface area (Å²) in [5, 5.41) is 3.30. The van der Waals surface area contributed by atoms with Gasteiger partial charge >= 0.3 is 0 Å². The summed E-state index contributed by atoms with van der Waals surface area (Å²) in [4.78, 5) is 12.8. The van der Waals surface area contributed by atoms with Crippen molar-refractivity contribution in [2.75, 3.05) is 11.4 Å². The summed E-state index contributed by atoms with van der Waals surface area (Å²) in [6, 6.07) is 13.1. The molecule has 0 aromatic heterocycles. The first-order valence-electron chi connectivity index (χ1n) is 9.54. The van der Waals surface area contributed by atoms with Crippen LogP contribution in [0.5, 0.6) is 0 Å². The van der Waals surface area contributed by atoms with Crippen LogP contribution in [-0.2, 0) is 10.0 Å². The second kappa shape index (κ2) is 8.97. The van der Waals surface area contributed by atoms with Gasteiger partial charge in [-0.2, -0.15) is 0 Å². The largest absolute Gasteiger partial charge is 0.349 e. The first kappa shape index (κ1) is 20.7. The van der Waals surface area contributed by atoms with Gasteiger partial charge in [0.15, 0.2) is 0 Å². The minimum absolute atomic E-state index is 0.173. The lowest BCUT2D eigenvalue weighted by Gasteiger charge is -2.21. The van der Waals surface area contributed by atoms with Crippen LogP contribution in [0.2, 0.25) is 5.02 Å². The SMILES string of the molecule is CN(c1ccc(C(=O)NC2CCCCCC2)c(Cl)c1)S(=O)(=O)c1ccccc1. The lowest BCUT2D eigenvalue weighted by molar-refractivity contribution is 0.0933. The number of sulfonamides is 1. The number of hydrogen-bond donors (Lipinski definition) is 1. The molecule has 1 amide bonds. The Morgan fingerprint density at radius 3 is 2.29 bits per heavy atom. The van der Waals surface area contributed by atoms with Crippen molar-refractivity contribution in [1.82, 2.24) is 5.32 Å². The van der Waals surface area contributed by atoms with E-state index in [2.05, 4.69) is 5.32 Å². The molecule has 0 aliphatic heterocycles. The second-order valence-electron chi connectivity index (χ2n) is 7.11. The fourth-order valence-electron chi connectivity index (χ4n) is 3.46. The molecule has 150 valence electrons. The van der Waals surface area contributed by atoms with E-state index < -0.39 is 10.0 Å². The first-order chi connectivity index (χ1) is 13.4. The Hall–Kier alpha value is -2.05. The quantitative estimate of drug-likeness (QED) is 0.718. The van der Waals surface area contributed by atoms with Crippen LogP contribution in [0.4, 0.5) is 5.69 Å². The summed E-state index contributed by atoms with van der Waals surface area (Å²) in [7, 11) is -2.22. The highest BCUT2D eigenvalue weighted by molar-refractivity contribution is 7.92. The molecule has 0 radical (unpaired) electrons. The molecule has 1 saturated carbocycles. The molecular weight excluding hydrogens is 396 g/mol. The molecule has 0 unspecified atom stereocenters. The number of amides is 1. The van der Waals surface area contributed by atoms with E-state index in [1.807, 2.05) is 0 Å². The van der Waals surface area contributed by atoms with Crippen LogP contribution in [0.25, 0.3) is 0 Å². The minimum atomic E-state index is -3.69. The lowest BCUT2D eigenvalue weighted by Crippen LogP contribution is -2.34. The monoisotopic (exact) mass is 420 g/mol. The molecule has 3 rings (SSSR count). The molecule has 0 saturated heterocycles. The Morgan fingerprint density at radius 2 is 1.68 bits per heavy atom. The highest BCUT2D eigenvalue weighted by Gasteiger charge is 2.23. The van der Waals surface area contributed by atoms with Crippen LogP contribution in [0.3, 0.4) is 0 Å². The van der Waals surface area contributed by atoms with E-state index in [0.717, 1.165) is 25.7 Å². The number of nitrogens with one attached hydrogen (secondary N) is 1. The molecule has 0 heterocycles. The zero-order chi connectivity index (χ0) is 20.1. The maximum Gasteiger partial charge on any atom is 0.264 e. The van der Waals surface area contributed by atoms with Gasteiger partial charge in [0.1, 0.15) is 0 Å². The van der Waals surface area contributed by atoms with Gasteiger partial charge in [0.2, 0.25) is 0 Å². The molecule has 0 atom stereocenters. The van der Waals surface area contributed by atoms with Crippen LogP contribution in [-0.4, -0.2) is 27.4 Å². The van der Waals surface area contributed by atoms with Gasteiger partial charge in [-0.15, -0.1) is 0 Å². The molecule has 0 bridgehead atoms. The first-order valence-corrected chi connectivity index (χ1v) is 11.4. The predicted octanol–water partition coefficient (Wildman–Crippen LogP) is 4.62. The van der Waals surface area contributed by atoms with E-state index in [-0.39, 0.29) is 21.9 Å². The van der Waals surface area contributed by atoms with Gasteiger partial charge in [0.25, 0.3) is 15.9 Å². The van der Waals surface area contributed by atoms with Crippen molar-refractivity contribution in [3.8, 4) is 0 Å². The topological polar surface area (TPSA) is 66.5 Å². The fourth-order valence-corrected chi connectivity index (χ4v) is 4.93. The number of anilines is 1. The van der Waals surface area contributed by atoms with Crippen molar-refractivity contribution in [3.05, 3.63) is 59.1 Å². The minimum Gasteiger partial charge on any atom is -0.349 e. The number of rotatable bonds is 5. The van der Waals surface area contributed by atoms with E-state index in [1.54, 1.807) is 42.5 Å². The summed E-state index contributed by atoms with van der Waals surface area (Å²) in [6.07, 6.45) is 6.65. The van der Waals surface area contributed by atoms with E-state index >= 15 is 0 Å². The van der Waals surface area contributed by atoms with Crippen LogP contribution >= 0.6 is 11.6 Å². The third kappa shape index (κ3) is 4.67. The lowest BCUT2D eigenvalue weighted by atomic mass is 10.1. The predicted molar refractivity (Wildman–Crippen MR) is 112 cm³/mol. The van der Waals surface area contributed by atoms with E-state index in [1.165, 1.54) is 30.3 Å². The van der Waals surface area contributed by atoms with Crippen molar-refractivity contribution < 1.29 is 13.2 Å². The third-order valence-electron chi connectivity index (χ3n) is 5.15. The standard InChI is InChI=1S/C21H25ClN2O3S/c1-24(28(26,27)18-11-7-4-8-12-18)17-13-14-19(20(22)15-17)21(25)23-16-9-5-2-3-6-10-16/h4,7-8,11-16H,2-3,5-6,9-10H2,1H3,(H,23,25). The molecular formula is C21H25ClN2O3S. The molecule has 1 fully saturated rings. The molecule has 28 heavy (non-hydrogen) atoms. The van der Waals surface area contributed by atoms with Gasteiger partial charge < -0.3 is 5.32 Å². The van der Waals surface area contributed by atoms with Crippen LogP contribution in [0.15, 0.2) is 53.4 Å². The van der Waals surface area contributed by atoms with Gasteiger partial charge in [0.05, 0.1) is 21.2 Å². The summed E-state index contributed by atoms with van der Waals surface area (Å²) in [6.45, 7) is 0. The second-order valence-corrected chi connectivity index (χ2v) is 9.49. The maximum atomic E-state index is 12.8. The van der Waals surface area contributed by atoms with Gasteiger partial charge in [-0.25, -0.2) is 8.42 Å². The number of carbonyl (C=O) groups excluding carboxylic acids is 1. The Labute approximate surface area is 171 Å². The van der Waals surface area contributed by atoms with Crippen molar-refractivity contribution in [3.63, 3.8) is 0 Å². The van der Waals surface area contributed by atoms with Crippen molar-refractivity contribution in [2.45, 2.75) is 49.5 Å². The number of benzene rings is 2. The van der Waals surface area contributed by atoms with Crippen LogP contribution < -0.4 is 9.62 Å². The van der Waals surface area contributed by atoms with E-state index in [4.69, 9.17) is 11.6 Å². The molecule has 1 N–H and O–H groups in total. The molecule has 2 aromatic rings. The van der Waals surface area contributed by atoms with Gasteiger partial charge in [-0.05, 0) is 43.2 Å². The van der Waals surface area contributed by atoms with Crippen LogP contribution in [0, 0.1) is 0 Å².